The summed E-state index contributed by atoms with van der Waals surface area (Å²) in [5, 5.41) is 7.24. The molecular formula is C8H7BrF3N3. The Bertz CT molecular complexity index is 389. The van der Waals surface area contributed by atoms with Crippen LogP contribution in [0, 0.1) is 5.41 Å². The van der Waals surface area contributed by atoms with Crippen molar-refractivity contribution in [3.63, 3.8) is 0 Å². The fraction of sp³-hybridized carbons (Fsp3) is 0.125. The largest absolute Gasteiger partial charge is 0.417 e. The second kappa shape index (κ2) is 4.19. The van der Waals surface area contributed by atoms with Crippen LogP contribution in [0.15, 0.2) is 22.7 Å². The van der Waals surface area contributed by atoms with Crippen LogP contribution in [0.4, 0.5) is 13.2 Å². The highest BCUT2D eigenvalue weighted by atomic mass is 79.9. The molecule has 3 nitrogen and oxygen atoms in total. The van der Waals surface area contributed by atoms with E-state index < -0.39 is 17.6 Å². The predicted molar refractivity (Wildman–Crippen MR) is 53.3 cm³/mol. The van der Waals surface area contributed by atoms with E-state index in [4.69, 9.17) is 11.3 Å². The first-order valence-corrected chi connectivity index (χ1v) is 4.58. The first-order chi connectivity index (χ1) is 6.86. The van der Waals surface area contributed by atoms with E-state index in [0.717, 1.165) is 6.07 Å². The van der Waals surface area contributed by atoms with Crippen molar-refractivity contribution in [2.75, 3.05) is 0 Å². The van der Waals surface area contributed by atoms with E-state index in [0.29, 0.717) is 4.47 Å². The van der Waals surface area contributed by atoms with Crippen LogP contribution < -0.4 is 11.3 Å². The molecule has 4 N–H and O–H groups in total. The van der Waals surface area contributed by atoms with E-state index in [1.807, 2.05) is 5.43 Å². The van der Waals surface area contributed by atoms with Crippen molar-refractivity contribution in [3.8, 4) is 0 Å². The molecule has 15 heavy (non-hydrogen) atoms. The van der Waals surface area contributed by atoms with Gasteiger partial charge in [-0.25, -0.2) is 5.84 Å². The summed E-state index contributed by atoms with van der Waals surface area (Å²) in [4.78, 5) is 0. The molecular weight excluding hydrogens is 275 g/mol. The van der Waals surface area contributed by atoms with Crippen LogP contribution in [0.3, 0.4) is 0 Å². The van der Waals surface area contributed by atoms with Gasteiger partial charge in [-0.15, -0.1) is 0 Å². The molecule has 0 aliphatic heterocycles. The number of rotatable bonds is 1. The van der Waals surface area contributed by atoms with E-state index in [2.05, 4.69) is 15.9 Å². The summed E-state index contributed by atoms with van der Waals surface area (Å²) in [5.74, 6) is 4.43. The van der Waals surface area contributed by atoms with Crippen molar-refractivity contribution >= 4 is 21.8 Å². The van der Waals surface area contributed by atoms with Crippen LogP contribution in [0.2, 0.25) is 0 Å². The minimum absolute atomic E-state index is 0.292. The number of benzene rings is 1. The standard InChI is InChI=1S/C8H7BrF3N3/c9-4-1-2-6(8(10,11)12)5(3-4)7(13)15-14/h1-3H,14H2,(H2,13,15). The average Bonchev–Trinajstić information content (AvgIpc) is 2.14. The van der Waals surface area contributed by atoms with E-state index in [1.54, 1.807) is 0 Å². The lowest BCUT2D eigenvalue weighted by Gasteiger charge is -2.13. The lowest BCUT2D eigenvalue weighted by atomic mass is 10.1. The number of halogens is 4. The Morgan fingerprint density at radius 1 is 1.40 bits per heavy atom. The zero-order valence-corrected chi connectivity index (χ0v) is 8.91. The fourth-order valence-corrected chi connectivity index (χ4v) is 1.41. The first-order valence-electron chi connectivity index (χ1n) is 3.78. The zero-order chi connectivity index (χ0) is 11.6. The summed E-state index contributed by atoms with van der Waals surface area (Å²) in [5.41, 5.74) is 0.696. The summed E-state index contributed by atoms with van der Waals surface area (Å²) in [6.07, 6.45) is -4.50. The highest BCUT2D eigenvalue weighted by Crippen LogP contribution is 2.33. The second-order valence-corrected chi connectivity index (χ2v) is 3.62. The smallest absolute Gasteiger partial charge is 0.308 e. The van der Waals surface area contributed by atoms with Crippen LogP contribution in [0.5, 0.6) is 0 Å². The lowest BCUT2D eigenvalue weighted by molar-refractivity contribution is -0.137. The average molecular weight is 282 g/mol. The molecule has 0 atom stereocenters. The Kier molecular flexibility index (Phi) is 3.35. The normalized spacial score (nSPS) is 11.3. The summed E-state index contributed by atoms with van der Waals surface area (Å²) >= 11 is 3.03. The number of hydrazine groups is 1. The maximum absolute atomic E-state index is 12.5. The minimum atomic E-state index is -4.50. The third kappa shape index (κ3) is 2.69. The molecule has 0 radical (unpaired) electrons. The summed E-state index contributed by atoms with van der Waals surface area (Å²) in [6, 6.07) is 3.34. The number of alkyl halides is 3. The van der Waals surface area contributed by atoms with Crippen LogP contribution in [0.1, 0.15) is 11.1 Å². The van der Waals surface area contributed by atoms with Gasteiger partial charge < -0.3 is 5.43 Å². The number of hydrogen-bond acceptors (Lipinski definition) is 2. The van der Waals surface area contributed by atoms with Crippen molar-refractivity contribution < 1.29 is 13.2 Å². The van der Waals surface area contributed by atoms with Crippen LogP contribution in [0.25, 0.3) is 0 Å². The Balaban J connectivity index is 3.33. The Labute approximate surface area is 92.1 Å². The molecule has 0 heterocycles. The fourth-order valence-electron chi connectivity index (χ4n) is 1.05. The molecule has 82 valence electrons. The molecule has 0 unspecified atom stereocenters. The monoisotopic (exact) mass is 281 g/mol. The lowest BCUT2D eigenvalue weighted by Crippen LogP contribution is -2.31. The molecule has 7 heteroatoms. The van der Waals surface area contributed by atoms with Crippen molar-refractivity contribution in [2.45, 2.75) is 6.18 Å². The SMILES string of the molecule is N=C(NN)c1cc(Br)ccc1C(F)(F)F. The maximum Gasteiger partial charge on any atom is 0.417 e. The van der Waals surface area contributed by atoms with Crippen molar-refractivity contribution in [1.82, 2.24) is 5.43 Å². The van der Waals surface area contributed by atoms with Gasteiger partial charge in [0, 0.05) is 10.0 Å². The molecule has 0 amide bonds. The van der Waals surface area contributed by atoms with Gasteiger partial charge in [0.2, 0.25) is 0 Å². The van der Waals surface area contributed by atoms with Gasteiger partial charge in [-0.05, 0) is 18.2 Å². The highest BCUT2D eigenvalue weighted by Gasteiger charge is 2.34. The third-order valence-electron chi connectivity index (χ3n) is 1.70. The minimum Gasteiger partial charge on any atom is -0.308 e. The van der Waals surface area contributed by atoms with Gasteiger partial charge >= 0.3 is 6.18 Å². The second-order valence-electron chi connectivity index (χ2n) is 2.71. The van der Waals surface area contributed by atoms with Gasteiger partial charge in [0.15, 0.2) is 0 Å². The molecule has 0 fully saturated rings. The van der Waals surface area contributed by atoms with Gasteiger partial charge in [-0.3, -0.25) is 5.41 Å². The molecule has 0 bridgehead atoms. The third-order valence-corrected chi connectivity index (χ3v) is 2.19. The van der Waals surface area contributed by atoms with Gasteiger partial charge in [0.05, 0.1) is 5.56 Å². The van der Waals surface area contributed by atoms with Crippen LogP contribution in [-0.4, -0.2) is 5.84 Å². The van der Waals surface area contributed by atoms with E-state index in [-0.39, 0.29) is 5.56 Å². The van der Waals surface area contributed by atoms with E-state index >= 15 is 0 Å². The van der Waals surface area contributed by atoms with Crippen molar-refractivity contribution in [1.29, 1.82) is 5.41 Å². The zero-order valence-electron chi connectivity index (χ0n) is 7.32. The summed E-state index contributed by atoms with van der Waals surface area (Å²) in [6.45, 7) is 0. The molecule has 1 rings (SSSR count). The highest BCUT2D eigenvalue weighted by molar-refractivity contribution is 9.10. The van der Waals surface area contributed by atoms with Crippen molar-refractivity contribution in [2.24, 2.45) is 5.84 Å². The molecule has 0 saturated carbocycles. The quantitative estimate of drug-likeness (QED) is 0.320. The Morgan fingerprint density at radius 3 is 2.47 bits per heavy atom. The van der Waals surface area contributed by atoms with Crippen molar-refractivity contribution in [3.05, 3.63) is 33.8 Å². The topological polar surface area (TPSA) is 61.9 Å². The van der Waals surface area contributed by atoms with Gasteiger partial charge in [0.1, 0.15) is 5.84 Å². The molecule has 1 aromatic rings. The molecule has 0 aliphatic rings. The Hall–Kier alpha value is -1.08. The number of nitrogens with two attached hydrogens (primary N) is 1. The number of amidine groups is 1. The molecule has 0 aromatic heterocycles. The molecule has 0 saturated heterocycles. The summed E-state index contributed by atoms with van der Waals surface area (Å²) in [7, 11) is 0. The Morgan fingerprint density at radius 2 is 2.00 bits per heavy atom. The molecule has 1 aromatic carbocycles. The molecule has 0 aliphatic carbocycles. The van der Waals surface area contributed by atoms with E-state index in [9.17, 15) is 13.2 Å². The van der Waals surface area contributed by atoms with Crippen LogP contribution >= 0.6 is 15.9 Å². The summed E-state index contributed by atoms with van der Waals surface area (Å²) < 4.78 is 37.9. The van der Waals surface area contributed by atoms with Gasteiger partial charge in [0.25, 0.3) is 0 Å². The number of hydrogen-bond donors (Lipinski definition) is 3. The predicted octanol–water partition coefficient (Wildman–Crippen LogP) is 2.26. The molecule has 0 spiro atoms. The van der Waals surface area contributed by atoms with Gasteiger partial charge in [-0.1, -0.05) is 15.9 Å². The number of nitrogens with one attached hydrogen (secondary N) is 2. The van der Waals surface area contributed by atoms with Crippen LogP contribution in [-0.2, 0) is 6.18 Å². The maximum atomic E-state index is 12.5. The first kappa shape index (κ1) is 12.0. The van der Waals surface area contributed by atoms with E-state index in [1.165, 1.54) is 12.1 Å². The van der Waals surface area contributed by atoms with Gasteiger partial charge in [-0.2, -0.15) is 13.2 Å².